The van der Waals surface area contributed by atoms with Crippen molar-refractivity contribution in [1.29, 1.82) is 0 Å². The fraction of sp³-hybridized carbons (Fsp3) is 0.211. The lowest BCUT2D eigenvalue weighted by molar-refractivity contribution is -0.137. The summed E-state index contributed by atoms with van der Waals surface area (Å²) in [5, 5.41) is 11.2. The lowest BCUT2D eigenvalue weighted by Gasteiger charge is -2.06. The number of benzene rings is 2. The van der Waals surface area contributed by atoms with E-state index in [-0.39, 0.29) is 6.42 Å². The van der Waals surface area contributed by atoms with E-state index in [1.54, 1.807) is 17.8 Å². The zero-order chi connectivity index (χ0) is 18.0. The number of carboxylic acids is 1. The van der Waals surface area contributed by atoms with Crippen molar-refractivity contribution in [1.82, 2.24) is 4.98 Å². The molecule has 0 spiro atoms. The Labute approximate surface area is 160 Å². The van der Waals surface area contributed by atoms with E-state index in [1.165, 1.54) is 5.56 Å². The number of aryl methyl sites for hydroxylation is 2. The van der Waals surface area contributed by atoms with Gasteiger partial charge in [0, 0.05) is 42.9 Å². The van der Waals surface area contributed by atoms with Crippen LogP contribution in [0.5, 0.6) is 0 Å². The monoisotopic (exact) mass is 393 g/mol. The molecule has 2 N–H and O–H groups in total. The Kier molecular flexibility index (Phi) is 5.62. The normalized spacial score (nSPS) is 11.2. The van der Waals surface area contributed by atoms with E-state index in [0.717, 1.165) is 26.4 Å². The topological polar surface area (TPSA) is 53.1 Å². The molecule has 3 aromatic rings. The van der Waals surface area contributed by atoms with E-state index >= 15 is 0 Å². The molecular formula is C19H17Cl2NO2S. The Balaban J connectivity index is 1.99. The van der Waals surface area contributed by atoms with Gasteiger partial charge in [0.2, 0.25) is 0 Å². The molecule has 130 valence electrons. The molecule has 0 fully saturated rings. The zero-order valence-electron chi connectivity index (χ0n) is 13.6. The van der Waals surface area contributed by atoms with Gasteiger partial charge in [-0.2, -0.15) is 0 Å². The number of aromatic nitrogens is 1. The predicted octanol–water partition coefficient (Wildman–Crippen LogP) is 6.34. The largest absolute Gasteiger partial charge is 0.481 e. The van der Waals surface area contributed by atoms with Crippen LogP contribution in [0.1, 0.15) is 24.1 Å². The van der Waals surface area contributed by atoms with E-state index in [9.17, 15) is 4.79 Å². The number of aromatic amines is 1. The second kappa shape index (κ2) is 7.73. The second-order valence-corrected chi connectivity index (χ2v) is 7.89. The summed E-state index contributed by atoms with van der Waals surface area (Å²) in [6.07, 6.45) is 1.42. The Morgan fingerprint density at radius 3 is 2.56 bits per heavy atom. The van der Waals surface area contributed by atoms with Crippen molar-refractivity contribution in [3.05, 3.63) is 57.7 Å². The van der Waals surface area contributed by atoms with Crippen LogP contribution in [0, 0.1) is 6.92 Å². The van der Waals surface area contributed by atoms with Gasteiger partial charge < -0.3 is 10.1 Å². The first-order chi connectivity index (χ1) is 11.9. The van der Waals surface area contributed by atoms with Crippen molar-refractivity contribution in [2.75, 3.05) is 0 Å². The lowest BCUT2D eigenvalue weighted by Crippen LogP contribution is -1.96. The minimum Gasteiger partial charge on any atom is -0.481 e. The number of aliphatic carboxylic acids is 1. The van der Waals surface area contributed by atoms with E-state index in [1.807, 2.05) is 19.1 Å². The highest BCUT2D eigenvalue weighted by Gasteiger charge is 2.14. The van der Waals surface area contributed by atoms with Crippen molar-refractivity contribution in [3.8, 4) is 0 Å². The first-order valence-electron chi connectivity index (χ1n) is 7.89. The molecule has 3 nitrogen and oxygen atoms in total. The highest BCUT2D eigenvalue weighted by molar-refractivity contribution is 7.99. The molecule has 0 radical (unpaired) electrons. The molecular weight excluding hydrogens is 377 g/mol. The molecule has 2 aromatic carbocycles. The molecule has 6 heteroatoms. The molecule has 1 aromatic heterocycles. The quantitative estimate of drug-likeness (QED) is 0.513. The van der Waals surface area contributed by atoms with Crippen LogP contribution in [0.25, 0.3) is 10.9 Å². The summed E-state index contributed by atoms with van der Waals surface area (Å²) < 4.78 is 0. The summed E-state index contributed by atoms with van der Waals surface area (Å²) >= 11 is 13.8. The lowest BCUT2D eigenvalue weighted by atomic mass is 10.1. The number of fused-ring (bicyclic) bond motifs is 1. The third kappa shape index (κ3) is 4.51. The third-order valence-electron chi connectivity index (χ3n) is 3.85. The smallest absolute Gasteiger partial charge is 0.303 e. The molecule has 0 saturated heterocycles. The standard InChI is InChI=1S/C19H17Cl2NO2S/c1-11-5-6-15-17(7-11)22-16(3-2-4-18(23)24)19(15)25-14-9-12(20)8-13(21)10-14/h5-10,22H,2-4H2,1H3,(H,23,24). The maximum absolute atomic E-state index is 10.8. The van der Waals surface area contributed by atoms with Crippen molar-refractivity contribution < 1.29 is 9.90 Å². The van der Waals surface area contributed by atoms with Crippen LogP contribution in [0.15, 0.2) is 46.2 Å². The first-order valence-corrected chi connectivity index (χ1v) is 9.46. The molecule has 0 unspecified atom stereocenters. The number of halogens is 2. The van der Waals surface area contributed by atoms with E-state index in [4.69, 9.17) is 28.3 Å². The minimum atomic E-state index is -0.775. The number of carboxylic acid groups (broad SMARTS) is 1. The Bertz CT molecular complexity index is 916. The highest BCUT2D eigenvalue weighted by Crippen LogP contribution is 2.39. The van der Waals surface area contributed by atoms with E-state index in [0.29, 0.717) is 22.9 Å². The van der Waals surface area contributed by atoms with Gasteiger partial charge in [-0.1, -0.05) is 47.1 Å². The number of hydrogen-bond acceptors (Lipinski definition) is 2. The SMILES string of the molecule is Cc1ccc2c(Sc3cc(Cl)cc(Cl)c3)c(CCCC(=O)O)[nH]c2c1. The van der Waals surface area contributed by atoms with Gasteiger partial charge in [0.25, 0.3) is 0 Å². The van der Waals surface area contributed by atoms with E-state index < -0.39 is 5.97 Å². The predicted molar refractivity (Wildman–Crippen MR) is 104 cm³/mol. The van der Waals surface area contributed by atoms with Crippen molar-refractivity contribution in [2.45, 2.75) is 36.0 Å². The number of hydrogen-bond donors (Lipinski definition) is 2. The van der Waals surface area contributed by atoms with Crippen LogP contribution < -0.4 is 0 Å². The molecule has 3 rings (SSSR count). The fourth-order valence-corrected chi connectivity index (χ4v) is 4.58. The summed E-state index contributed by atoms with van der Waals surface area (Å²) in [7, 11) is 0. The molecule has 1 heterocycles. The fourth-order valence-electron chi connectivity index (χ4n) is 2.76. The Hall–Kier alpha value is -1.62. The van der Waals surface area contributed by atoms with Crippen LogP contribution in [0.4, 0.5) is 0 Å². The molecule has 0 aliphatic heterocycles. The molecule has 0 atom stereocenters. The molecule has 25 heavy (non-hydrogen) atoms. The summed E-state index contributed by atoms with van der Waals surface area (Å²) in [6, 6.07) is 11.7. The van der Waals surface area contributed by atoms with Crippen molar-refractivity contribution in [3.63, 3.8) is 0 Å². The van der Waals surface area contributed by atoms with Gasteiger partial charge in [0.05, 0.1) is 0 Å². The molecule has 0 aliphatic carbocycles. The molecule has 0 aliphatic rings. The number of H-pyrrole nitrogens is 1. The van der Waals surface area contributed by atoms with Crippen LogP contribution in [-0.2, 0) is 11.2 Å². The van der Waals surface area contributed by atoms with Gasteiger partial charge in [-0.05, 0) is 49.6 Å². The average Bonchev–Trinajstić information content (AvgIpc) is 2.83. The van der Waals surface area contributed by atoms with Gasteiger partial charge in [0.15, 0.2) is 0 Å². The summed E-state index contributed by atoms with van der Waals surface area (Å²) in [5.74, 6) is -0.775. The number of nitrogens with one attached hydrogen (secondary N) is 1. The van der Waals surface area contributed by atoms with Gasteiger partial charge >= 0.3 is 5.97 Å². The summed E-state index contributed by atoms with van der Waals surface area (Å²) in [6.45, 7) is 2.05. The van der Waals surface area contributed by atoms with Crippen molar-refractivity contribution in [2.24, 2.45) is 0 Å². The summed E-state index contributed by atoms with van der Waals surface area (Å²) in [5.41, 5.74) is 3.28. The Morgan fingerprint density at radius 2 is 1.88 bits per heavy atom. The van der Waals surface area contributed by atoms with Crippen LogP contribution >= 0.6 is 35.0 Å². The molecule has 0 bridgehead atoms. The number of carbonyl (C=O) groups is 1. The minimum absolute atomic E-state index is 0.154. The van der Waals surface area contributed by atoms with Gasteiger partial charge in [0.1, 0.15) is 0 Å². The van der Waals surface area contributed by atoms with Gasteiger partial charge in [-0.25, -0.2) is 0 Å². The van der Waals surface area contributed by atoms with Crippen LogP contribution in [0.3, 0.4) is 0 Å². The maximum atomic E-state index is 10.8. The Morgan fingerprint density at radius 1 is 1.16 bits per heavy atom. The van der Waals surface area contributed by atoms with Gasteiger partial charge in [-0.15, -0.1) is 0 Å². The average molecular weight is 394 g/mol. The molecule has 0 saturated carbocycles. The second-order valence-electron chi connectivity index (χ2n) is 5.94. The van der Waals surface area contributed by atoms with Gasteiger partial charge in [-0.3, -0.25) is 4.79 Å². The van der Waals surface area contributed by atoms with Crippen LogP contribution in [0.2, 0.25) is 10.0 Å². The molecule has 0 amide bonds. The number of rotatable bonds is 6. The maximum Gasteiger partial charge on any atom is 0.303 e. The van der Waals surface area contributed by atoms with E-state index in [2.05, 4.69) is 23.2 Å². The highest BCUT2D eigenvalue weighted by atomic mass is 35.5. The first kappa shape index (κ1) is 18.2. The summed E-state index contributed by atoms with van der Waals surface area (Å²) in [4.78, 5) is 16.3. The van der Waals surface area contributed by atoms with Crippen LogP contribution in [-0.4, -0.2) is 16.1 Å². The third-order valence-corrected chi connectivity index (χ3v) is 5.43. The van der Waals surface area contributed by atoms with Crippen molar-refractivity contribution >= 4 is 51.8 Å². The zero-order valence-corrected chi connectivity index (χ0v) is 15.9.